The lowest BCUT2D eigenvalue weighted by Gasteiger charge is -2.34. The number of rotatable bonds is 7. The molecule has 3 rings (SSSR count). The zero-order valence-electron chi connectivity index (χ0n) is 17.7. The highest BCUT2D eigenvalue weighted by Crippen LogP contribution is 2.26. The van der Waals surface area contributed by atoms with Crippen LogP contribution in [-0.2, 0) is 22.4 Å². The van der Waals surface area contributed by atoms with Crippen molar-refractivity contribution in [1.29, 1.82) is 0 Å². The van der Waals surface area contributed by atoms with E-state index in [-0.39, 0.29) is 0 Å². The van der Waals surface area contributed by atoms with Gasteiger partial charge in [0, 0.05) is 66.3 Å². The van der Waals surface area contributed by atoms with E-state index in [1.807, 2.05) is 7.05 Å². The van der Waals surface area contributed by atoms with E-state index in [0.29, 0.717) is 6.10 Å². The number of nitrogens with one attached hydrogen (secondary N) is 1. The van der Waals surface area contributed by atoms with Gasteiger partial charge in [0.05, 0.1) is 6.10 Å². The van der Waals surface area contributed by atoms with E-state index < -0.39 is 0 Å². The number of guanidine groups is 1. The van der Waals surface area contributed by atoms with Crippen LogP contribution < -0.4 is 10.2 Å². The van der Waals surface area contributed by atoms with E-state index in [2.05, 4.69) is 45.4 Å². The van der Waals surface area contributed by atoms with Crippen LogP contribution in [0.15, 0.2) is 23.2 Å². The maximum Gasteiger partial charge on any atom is 0.193 e. The third kappa shape index (κ3) is 5.61. The molecule has 2 aliphatic rings. The molecule has 0 amide bonds. The highest BCUT2D eigenvalue weighted by Gasteiger charge is 2.22. The Morgan fingerprint density at radius 2 is 2.04 bits per heavy atom. The number of aliphatic imine (C=N–C) groups is 1. The largest absolute Gasteiger partial charge is 0.385 e. The number of benzene rings is 1. The lowest BCUT2D eigenvalue weighted by molar-refractivity contribution is 0.00989. The molecule has 156 valence electrons. The van der Waals surface area contributed by atoms with Gasteiger partial charge in [-0.25, -0.2) is 0 Å². The number of hydrogen-bond donors (Lipinski definition) is 1. The van der Waals surface area contributed by atoms with Crippen molar-refractivity contribution in [2.75, 3.05) is 59.0 Å². The van der Waals surface area contributed by atoms with Gasteiger partial charge in [0.2, 0.25) is 0 Å². The van der Waals surface area contributed by atoms with Gasteiger partial charge in [0.25, 0.3) is 0 Å². The van der Waals surface area contributed by atoms with Gasteiger partial charge in [-0.2, -0.15) is 0 Å². The predicted molar refractivity (Wildman–Crippen MR) is 115 cm³/mol. The highest BCUT2D eigenvalue weighted by molar-refractivity contribution is 5.80. The average molecular weight is 389 g/mol. The standard InChI is InChI=1S/C22H36N4O2/c1-23-22(26-12-9-20(10-13-26)28-15-5-14-27-3)24-17-18-7-8-21-19(16-18)6-4-11-25(21)2/h7-8,16,20H,4-6,9-15,17H2,1-3H3,(H,23,24). The molecule has 0 aromatic heterocycles. The average Bonchev–Trinajstić information content (AvgIpc) is 2.73. The first-order valence-electron chi connectivity index (χ1n) is 10.6. The van der Waals surface area contributed by atoms with Crippen LogP contribution in [-0.4, -0.2) is 71.0 Å². The molecule has 0 radical (unpaired) electrons. The number of likely N-dealkylation sites (tertiary alicyclic amines) is 1. The van der Waals surface area contributed by atoms with E-state index >= 15 is 0 Å². The molecule has 0 atom stereocenters. The van der Waals surface area contributed by atoms with Gasteiger partial charge in [-0.3, -0.25) is 4.99 Å². The molecule has 1 N–H and O–H groups in total. The third-order valence-corrected chi connectivity index (χ3v) is 5.75. The molecule has 2 aliphatic heterocycles. The molecule has 2 heterocycles. The summed E-state index contributed by atoms with van der Waals surface area (Å²) in [7, 11) is 5.79. The van der Waals surface area contributed by atoms with Gasteiger partial charge in [-0.1, -0.05) is 12.1 Å². The Labute approximate surface area is 169 Å². The van der Waals surface area contributed by atoms with E-state index in [1.54, 1.807) is 7.11 Å². The molecule has 1 aromatic carbocycles. The molecule has 0 saturated carbocycles. The fourth-order valence-electron chi connectivity index (χ4n) is 4.15. The van der Waals surface area contributed by atoms with Gasteiger partial charge in [0.1, 0.15) is 0 Å². The van der Waals surface area contributed by atoms with Crippen molar-refractivity contribution in [3.63, 3.8) is 0 Å². The van der Waals surface area contributed by atoms with E-state index in [4.69, 9.17) is 9.47 Å². The van der Waals surface area contributed by atoms with Gasteiger partial charge in [-0.15, -0.1) is 0 Å². The summed E-state index contributed by atoms with van der Waals surface area (Å²) in [6.45, 7) is 5.51. The molecule has 1 saturated heterocycles. The number of nitrogens with zero attached hydrogens (tertiary/aromatic N) is 3. The van der Waals surface area contributed by atoms with E-state index in [9.17, 15) is 0 Å². The Morgan fingerprint density at radius 3 is 2.79 bits per heavy atom. The minimum atomic E-state index is 0.365. The lowest BCUT2D eigenvalue weighted by atomic mass is 9.99. The normalized spacial score (nSPS) is 18.3. The number of methoxy groups -OCH3 is 1. The zero-order valence-corrected chi connectivity index (χ0v) is 17.7. The summed E-state index contributed by atoms with van der Waals surface area (Å²) in [4.78, 5) is 9.21. The molecule has 0 aliphatic carbocycles. The Kier molecular flexibility index (Phi) is 7.98. The molecule has 0 spiro atoms. The SMILES string of the molecule is CN=C(NCc1ccc2c(c1)CCCN2C)N1CCC(OCCCOC)CC1. The maximum absolute atomic E-state index is 5.97. The lowest BCUT2D eigenvalue weighted by Crippen LogP contribution is -2.46. The molecule has 0 bridgehead atoms. The topological polar surface area (TPSA) is 49.3 Å². The van der Waals surface area contributed by atoms with Crippen molar-refractivity contribution in [2.24, 2.45) is 4.99 Å². The van der Waals surface area contributed by atoms with E-state index in [1.165, 1.54) is 29.7 Å². The number of aryl methyl sites for hydroxylation is 1. The molecule has 0 unspecified atom stereocenters. The van der Waals surface area contributed by atoms with Crippen molar-refractivity contribution >= 4 is 11.6 Å². The summed E-state index contributed by atoms with van der Waals surface area (Å²) in [5, 5.41) is 3.55. The highest BCUT2D eigenvalue weighted by atomic mass is 16.5. The molecule has 1 aromatic rings. The molecule has 6 heteroatoms. The summed E-state index contributed by atoms with van der Waals surface area (Å²) in [5.74, 6) is 0.993. The number of fused-ring (bicyclic) bond motifs is 1. The Balaban J connectivity index is 1.45. The second kappa shape index (κ2) is 10.7. The fraction of sp³-hybridized carbons (Fsp3) is 0.682. The monoisotopic (exact) mass is 388 g/mol. The molecular weight excluding hydrogens is 352 g/mol. The second-order valence-corrected chi connectivity index (χ2v) is 7.79. The van der Waals surface area contributed by atoms with Crippen LogP contribution in [0.3, 0.4) is 0 Å². The van der Waals surface area contributed by atoms with E-state index in [0.717, 1.165) is 64.6 Å². The van der Waals surface area contributed by atoms with Crippen molar-refractivity contribution in [1.82, 2.24) is 10.2 Å². The van der Waals surface area contributed by atoms with Gasteiger partial charge >= 0.3 is 0 Å². The summed E-state index contributed by atoms with van der Waals surface area (Å²) >= 11 is 0. The first kappa shape index (κ1) is 20.9. The molecule has 6 nitrogen and oxygen atoms in total. The van der Waals surface area contributed by atoms with Crippen LogP contribution >= 0.6 is 0 Å². The Bertz CT molecular complexity index is 641. The van der Waals surface area contributed by atoms with Gasteiger partial charge in [-0.05, 0) is 49.3 Å². The van der Waals surface area contributed by atoms with Crippen LogP contribution in [0.1, 0.15) is 36.8 Å². The Morgan fingerprint density at radius 1 is 1.21 bits per heavy atom. The summed E-state index contributed by atoms with van der Waals surface area (Å²) in [5.41, 5.74) is 4.17. The van der Waals surface area contributed by atoms with Crippen LogP contribution in [0.4, 0.5) is 5.69 Å². The van der Waals surface area contributed by atoms with Crippen molar-refractivity contribution < 1.29 is 9.47 Å². The van der Waals surface area contributed by atoms with Crippen LogP contribution in [0.2, 0.25) is 0 Å². The molecule has 28 heavy (non-hydrogen) atoms. The smallest absolute Gasteiger partial charge is 0.193 e. The quantitative estimate of drug-likeness (QED) is 0.442. The zero-order chi connectivity index (χ0) is 19.8. The number of piperidine rings is 1. The van der Waals surface area contributed by atoms with Crippen molar-refractivity contribution in [3.05, 3.63) is 29.3 Å². The summed E-state index contributed by atoms with van der Waals surface area (Å²) < 4.78 is 11.0. The fourth-order valence-corrected chi connectivity index (χ4v) is 4.15. The second-order valence-electron chi connectivity index (χ2n) is 7.79. The summed E-state index contributed by atoms with van der Waals surface area (Å²) in [6.07, 6.45) is 5.86. The van der Waals surface area contributed by atoms with Gasteiger partial charge < -0.3 is 24.6 Å². The number of ether oxygens (including phenoxy) is 2. The van der Waals surface area contributed by atoms with Crippen LogP contribution in [0.25, 0.3) is 0 Å². The number of hydrogen-bond acceptors (Lipinski definition) is 4. The van der Waals surface area contributed by atoms with Crippen molar-refractivity contribution in [2.45, 2.75) is 44.8 Å². The van der Waals surface area contributed by atoms with Crippen LogP contribution in [0, 0.1) is 0 Å². The minimum absolute atomic E-state index is 0.365. The maximum atomic E-state index is 5.97. The first-order valence-corrected chi connectivity index (χ1v) is 10.6. The number of anilines is 1. The van der Waals surface area contributed by atoms with Crippen LogP contribution in [0.5, 0.6) is 0 Å². The predicted octanol–water partition coefficient (Wildman–Crippen LogP) is 2.66. The summed E-state index contributed by atoms with van der Waals surface area (Å²) in [6, 6.07) is 6.85. The van der Waals surface area contributed by atoms with Crippen molar-refractivity contribution in [3.8, 4) is 0 Å². The molecular formula is C22H36N4O2. The third-order valence-electron chi connectivity index (χ3n) is 5.75. The van der Waals surface area contributed by atoms with Gasteiger partial charge in [0.15, 0.2) is 5.96 Å². The first-order chi connectivity index (χ1) is 13.7. The molecule has 1 fully saturated rings. The Hall–Kier alpha value is -1.79. The minimum Gasteiger partial charge on any atom is -0.385 e.